The van der Waals surface area contributed by atoms with Crippen molar-refractivity contribution in [2.24, 2.45) is 0 Å². The molecule has 0 aromatic heterocycles. The fraction of sp³-hybridized carbons (Fsp3) is 0.500. The van der Waals surface area contributed by atoms with Crippen LogP contribution in [0, 0.1) is 11.8 Å². The third-order valence-electron chi connectivity index (χ3n) is 3.55. The summed E-state index contributed by atoms with van der Waals surface area (Å²) in [4.78, 5) is 1.16. The molecule has 1 fully saturated rings. The van der Waals surface area contributed by atoms with E-state index in [4.69, 9.17) is 0 Å². The Balaban J connectivity index is 2.05. The largest absolute Gasteiger partial charge is 0.378 e. The Labute approximate surface area is 119 Å². The van der Waals surface area contributed by atoms with Gasteiger partial charge in [0.25, 0.3) is 0 Å². The van der Waals surface area contributed by atoms with Crippen molar-refractivity contribution in [3.05, 3.63) is 29.8 Å². The summed E-state index contributed by atoms with van der Waals surface area (Å²) in [5, 5.41) is 20.3. The van der Waals surface area contributed by atoms with E-state index in [0.29, 0.717) is 0 Å². The number of hydrogen-bond donors (Lipinski definition) is 2. The van der Waals surface area contributed by atoms with Gasteiger partial charge in [0.2, 0.25) is 0 Å². The number of hydrogen-bond acceptors (Lipinski definition) is 3. The highest BCUT2D eigenvalue weighted by molar-refractivity contribution is 7.98. The third-order valence-corrected chi connectivity index (χ3v) is 4.30. The number of rotatable bonds is 2. The maximum absolute atomic E-state index is 10.3. The molecule has 0 spiro atoms. The van der Waals surface area contributed by atoms with Crippen LogP contribution in [0.4, 0.5) is 0 Å². The Morgan fingerprint density at radius 2 is 1.79 bits per heavy atom. The SMILES string of the molecule is CSc1ccc(C(O)C#CC2(O)CCCCC2)cc1. The molecule has 0 bridgehead atoms. The lowest BCUT2D eigenvalue weighted by molar-refractivity contribution is 0.0604. The van der Waals surface area contributed by atoms with Gasteiger partial charge >= 0.3 is 0 Å². The quantitative estimate of drug-likeness (QED) is 0.644. The minimum Gasteiger partial charge on any atom is -0.378 e. The molecule has 0 radical (unpaired) electrons. The van der Waals surface area contributed by atoms with E-state index < -0.39 is 11.7 Å². The van der Waals surface area contributed by atoms with E-state index in [2.05, 4.69) is 11.8 Å². The summed E-state index contributed by atoms with van der Waals surface area (Å²) in [6, 6.07) is 7.71. The maximum atomic E-state index is 10.3. The van der Waals surface area contributed by atoms with Gasteiger partial charge in [-0.05, 0) is 49.6 Å². The van der Waals surface area contributed by atoms with Crippen molar-refractivity contribution in [3.8, 4) is 11.8 Å². The van der Waals surface area contributed by atoms with Crippen LogP contribution in [0.25, 0.3) is 0 Å². The molecule has 3 heteroatoms. The molecule has 2 rings (SSSR count). The van der Waals surface area contributed by atoms with Gasteiger partial charge in [-0.2, -0.15) is 0 Å². The van der Waals surface area contributed by atoms with Crippen LogP contribution in [0.15, 0.2) is 29.2 Å². The van der Waals surface area contributed by atoms with E-state index in [1.54, 1.807) is 11.8 Å². The Hall–Kier alpha value is -0.950. The summed E-state index contributed by atoms with van der Waals surface area (Å²) < 4.78 is 0. The highest BCUT2D eigenvalue weighted by atomic mass is 32.2. The molecule has 1 aliphatic carbocycles. The van der Waals surface area contributed by atoms with Crippen molar-refractivity contribution in [2.75, 3.05) is 6.26 Å². The first-order valence-corrected chi connectivity index (χ1v) is 7.92. The van der Waals surface area contributed by atoms with Gasteiger partial charge in [-0.3, -0.25) is 0 Å². The minimum atomic E-state index is -0.890. The molecule has 2 nitrogen and oxygen atoms in total. The average Bonchev–Trinajstić information content (AvgIpc) is 2.46. The fourth-order valence-electron chi connectivity index (χ4n) is 2.33. The summed E-state index contributed by atoms with van der Waals surface area (Å²) in [6.45, 7) is 0. The first-order valence-electron chi connectivity index (χ1n) is 6.70. The van der Waals surface area contributed by atoms with Crippen LogP contribution in [-0.2, 0) is 0 Å². The first-order chi connectivity index (χ1) is 9.13. The molecule has 1 aromatic rings. The van der Waals surface area contributed by atoms with Crippen molar-refractivity contribution in [3.63, 3.8) is 0 Å². The molecule has 1 aromatic carbocycles. The Morgan fingerprint density at radius 3 is 2.37 bits per heavy atom. The fourth-order valence-corrected chi connectivity index (χ4v) is 2.74. The molecule has 0 heterocycles. The molecule has 1 unspecified atom stereocenters. The van der Waals surface area contributed by atoms with E-state index >= 15 is 0 Å². The van der Waals surface area contributed by atoms with E-state index in [0.717, 1.165) is 36.1 Å². The van der Waals surface area contributed by atoms with Crippen LogP contribution in [0.5, 0.6) is 0 Å². The standard InChI is InChI=1S/C16H20O2S/c1-19-14-7-5-13(6-8-14)15(17)9-12-16(18)10-3-2-4-11-16/h5-8,15,17-18H,2-4,10-11H2,1H3. The Bertz CT molecular complexity index is 464. The van der Waals surface area contributed by atoms with Crippen LogP contribution in [0.3, 0.4) is 0 Å². The lowest BCUT2D eigenvalue weighted by atomic mass is 9.85. The summed E-state index contributed by atoms with van der Waals surface area (Å²) in [5.74, 6) is 5.67. The second kappa shape index (κ2) is 6.47. The van der Waals surface area contributed by atoms with Gasteiger partial charge in [-0.15, -0.1) is 11.8 Å². The second-order valence-electron chi connectivity index (χ2n) is 5.04. The molecular weight excluding hydrogens is 256 g/mol. The van der Waals surface area contributed by atoms with Gasteiger partial charge in [-0.25, -0.2) is 0 Å². The molecule has 0 saturated heterocycles. The number of benzene rings is 1. The summed E-state index contributed by atoms with van der Waals surface area (Å²) in [5.41, 5.74) is -0.108. The number of thioether (sulfide) groups is 1. The highest BCUT2D eigenvalue weighted by Gasteiger charge is 2.26. The smallest absolute Gasteiger partial charge is 0.140 e. The normalized spacial score (nSPS) is 19.3. The second-order valence-corrected chi connectivity index (χ2v) is 5.92. The molecule has 2 N–H and O–H groups in total. The van der Waals surface area contributed by atoms with Gasteiger partial charge in [0.1, 0.15) is 11.7 Å². The summed E-state index contributed by atoms with van der Waals surface area (Å²) in [6.07, 6.45) is 5.85. The number of aliphatic hydroxyl groups is 2. The van der Waals surface area contributed by atoms with E-state index in [9.17, 15) is 10.2 Å². The van der Waals surface area contributed by atoms with E-state index in [1.807, 2.05) is 30.5 Å². The molecule has 19 heavy (non-hydrogen) atoms. The molecule has 102 valence electrons. The van der Waals surface area contributed by atoms with Gasteiger partial charge < -0.3 is 10.2 Å². The molecule has 0 amide bonds. The van der Waals surface area contributed by atoms with Crippen LogP contribution < -0.4 is 0 Å². The van der Waals surface area contributed by atoms with Crippen molar-refractivity contribution in [2.45, 2.75) is 48.7 Å². The van der Waals surface area contributed by atoms with Crippen LogP contribution in [0.2, 0.25) is 0 Å². The zero-order valence-corrected chi connectivity index (χ0v) is 12.0. The zero-order chi connectivity index (χ0) is 13.7. The highest BCUT2D eigenvalue weighted by Crippen LogP contribution is 2.27. The van der Waals surface area contributed by atoms with Crippen molar-refractivity contribution < 1.29 is 10.2 Å². The van der Waals surface area contributed by atoms with Gasteiger partial charge in [-0.1, -0.05) is 30.4 Å². The van der Waals surface area contributed by atoms with Gasteiger partial charge in [0.05, 0.1) is 0 Å². The summed E-state index contributed by atoms with van der Waals surface area (Å²) >= 11 is 1.67. The summed E-state index contributed by atoms with van der Waals surface area (Å²) in [7, 11) is 0. The van der Waals surface area contributed by atoms with Gasteiger partial charge in [0.15, 0.2) is 0 Å². The molecule has 1 atom stereocenters. The monoisotopic (exact) mass is 276 g/mol. The van der Waals surface area contributed by atoms with Crippen LogP contribution in [-0.4, -0.2) is 22.1 Å². The number of aliphatic hydroxyl groups excluding tert-OH is 1. The van der Waals surface area contributed by atoms with E-state index in [1.165, 1.54) is 6.42 Å². The molecular formula is C16H20O2S. The Kier molecular flexibility index (Phi) is 4.93. The zero-order valence-electron chi connectivity index (χ0n) is 11.2. The Morgan fingerprint density at radius 1 is 1.16 bits per heavy atom. The van der Waals surface area contributed by atoms with Gasteiger partial charge in [0, 0.05) is 4.90 Å². The van der Waals surface area contributed by atoms with Crippen molar-refractivity contribution in [1.29, 1.82) is 0 Å². The lowest BCUT2D eigenvalue weighted by Gasteiger charge is -2.26. The predicted octanol–water partition coefficient (Wildman–Crippen LogP) is 3.14. The average molecular weight is 276 g/mol. The van der Waals surface area contributed by atoms with Crippen molar-refractivity contribution in [1.82, 2.24) is 0 Å². The van der Waals surface area contributed by atoms with Crippen molar-refractivity contribution >= 4 is 11.8 Å². The molecule has 1 saturated carbocycles. The predicted molar refractivity (Wildman–Crippen MR) is 79.0 cm³/mol. The topological polar surface area (TPSA) is 40.5 Å². The lowest BCUT2D eigenvalue weighted by Crippen LogP contribution is -2.29. The molecule has 0 aliphatic heterocycles. The maximum Gasteiger partial charge on any atom is 0.140 e. The minimum absolute atomic E-state index is 0.720. The first kappa shape index (κ1) is 14.5. The molecule has 1 aliphatic rings. The van der Waals surface area contributed by atoms with Crippen LogP contribution >= 0.6 is 11.8 Å². The van der Waals surface area contributed by atoms with Crippen LogP contribution in [0.1, 0.15) is 43.8 Å². The van der Waals surface area contributed by atoms with E-state index in [-0.39, 0.29) is 0 Å². The third kappa shape index (κ3) is 4.01.